The molecular formula is C18H14N2O2. The Kier molecular flexibility index (Phi) is 3.63. The average Bonchev–Trinajstić information content (AvgIpc) is 2.93. The highest BCUT2D eigenvalue weighted by Gasteiger charge is 2.19. The number of ether oxygens (including phenoxy) is 1. The molecule has 0 radical (unpaired) electrons. The average molecular weight is 290 g/mol. The van der Waals surface area contributed by atoms with Crippen molar-refractivity contribution in [3.05, 3.63) is 65.4 Å². The molecule has 4 nitrogen and oxygen atoms in total. The fourth-order valence-corrected chi connectivity index (χ4v) is 2.57. The Hall–Kier alpha value is -3.06. The maximum Gasteiger partial charge on any atom is 0.209 e. The molecule has 0 saturated heterocycles. The largest absolute Gasteiger partial charge is 0.497 e. The Morgan fingerprint density at radius 2 is 2.05 bits per heavy atom. The van der Waals surface area contributed by atoms with Crippen LogP contribution in [0.5, 0.6) is 5.75 Å². The topological polar surface area (TPSA) is 65.9 Å². The predicted octanol–water partition coefficient (Wildman–Crippen LogP) is 3.47. The lowest BCUT2D eigenvalue weighted by atomic mass is 10.0. The van der Waals surface area contributed by atoms with Crippen LogP contribution in [0.4, 0.5) is 0 Å². The number of carbonyl (C=O) groups excluding carboxylic acids is 1. The molecule has 0 bridgehead atoms. The van der Waals surface area contributed by atoms with Crippen molar-refractivity contribution in [2.45, 2.75) is 6.42 Å². The summed E-state index contributed by atoms with van der Waals surface area (Å²) >= 11 is 0. The van der Waals surface area contributed by atoms with E-state index in [4.69, 9.17) is 10.00 Å². The van der Waals surface area contributed by atoms with Gasteiger partial charge in [-0.25, -0.2) is 0 Å². The van der Waals surface area contributed by atoms with Gasteiger partial charge in [0.25, 0.3) is 0 Å². The first-order valence-corrected chi connectivity index (χ1v) is 6.90. The first-order valence-electron chi connectivity index (χ1n) is 6.90. The summed E-state index contributed by atoms with van der Waals surface area (Å²) in [5.74, 6) is 0.490. The molecule has 1 aromatic heterocycles. The smallest absolute Gasteiger partial charge is 0.209 e. The Bertz CT molecular complexity index is 887. The lowest BCUT2D eigenvalue weighted by molar-refractivity contribution is 0.103. The van der Waals surface area contributed by atoms with Gasteiger partial charge in [0.15, 0.2) is 0 Å². The molecule has 1 N–H and O–H groups in total. The first kappa shape index (κ1) is 13.9. The van der Waals surface area contributed by atoms with Crippen LogP contribution in [0.1, 0.15) is 21.6 Å². The highest BCUT2D eigenvalue weighted by Crippen LogP contribution is 2.25. The highest BCUT2D eigenvalue weighted by atomic mass is 16.5. The number of nitrogens with zero attached hydrogens (tertiary/aromatic N) is 1. The van der Waals surface area contributed by atoms with Gasteiger partial charge in [-0.3, -0.25) is 4.79 Å². The second-order valence-electron chi connectivity index (χ2n) is 4.92. The molecule has 0 atom stereocenters. The third kappa shape index (κ3) is 2.33. The Balaban J connectivity index is 2.14. The monoisotopic (exact) mass is 290 g/mol. The van der Waals surface area contributed by atoms with Gasteiger partial charge in [-0.2, -0.15) is 5.26 Å². The summed E-state index contributed by atoms with van der Waals surface area (Å²) in [4.78, 5) is 15.9. The number of aromatic nitrogens is 1. The van der Waals surface area contributed by atoms with Crippen LogP contribution >= 0.6 is 0 Å². The molecule has 0 unspecified atom stereocenters. The molecule has 0 spiro atoms. The second-order valence-corrected chi connectivity index (χ2v) is 4.92. The zero-order valence-corrected chi connectivity index (χ0v) is 12.1. The summed E-state index contributed by atoms with van der Waals surface area (Å²) in [5, 5.41) is 9.97. The van der Waals surface area contributed by atoms with Crippen molar-refractivity contribution in [1.82, 2.24) is 4.98 Å². The van der Waals surface area contributed by atoms with E-state index in [1.165, 1.54) is 0 Å². The van der Waals surface area contributed by atoms with E-state index in [1.54, 1.807) is 31.4 Å². The number of fused-ring (bicyclic) bond motifs is 1. The van der Waals surface area contributed by atoms with E-state index in [1.807, 2.05) is 24.3 Å². The van der Waals surface area contributed by atoms with Crippen LogP contribution in [0.25, 0.3) is 10.9 Å². The van der Waals surface area contributed by atoms with Gasteiger partial charge in [0, 0.05) is 22.0 Å². The van der Waals surface area contributed by atoms with Gasteiger partial charge in [0.1, 0.15) is 5.75 Å². The quantitative estimate of drug-likeness (QED) is 0.748. The van der Waals surface area contributed by atoms with Crippen LogP contribution in [0, 0.1) is 11.3 Å². The fourth-order valence-electron chi connectivity index (χ4n) is 2.57. The van der Waals surface area contributed by atoms with Crippen molar-refractivity contribution in [2.24, 2.45) is 0 Å². The van der Waals surface area contributed by atoms with E-state index in [0.29, 0.717) is 17.0 Å². The Labute approximate surface area is 128 Å². The summed E-state index contributed by atoms with van der Waals surface area (Å²) in [6.45, 7) is 0. The molecule has 4 heteroatoms. The van der Waals surface area contributed by atoms with Crippen molar-refractivity contribution < 1.29 is 9.53 Å². The standard InChI is InChI=1S/C18H14N2O2/c1-22-13-6-4-5-12(11-13)18(21)17-15(9-10-19)14-7-2-3-8-16(14)20-17/h2-8,11,20H,9H2,1H3. The van der Waals surface area contributed by atoms with Crippen LogP contribution in [0.15, 0.2) is 48.5 Å². The maximum atomic E-state index is 12.8. The number of H-pyrrole nitrogens is 1. The van der Waals surface area contributed by atoms with E-state index in [2.05, 4.69) is 11.1 Å². The molecule has 3 rings (SSSR count). The van der Waals surface area contributed by atoms with Gasteiger partial charge < -0.3 is 9.72 Å². The van der Waals surface area contributed by atoms with E-state index in [9.17, 15) is 4.79 Å². The van der Waals surface area contributed by atoms with E-state index >= 15 is 0 Å². The van der Waals surface area contributed by atoms with Crippen molar-refractivity contribution >= 4 is 16.7 Å². The highest BCUT2D eigenvalue weighted by molar-refractivity contribution is 6.12. The number of hydrogen-bond acceptors (Lipinski definition) is 3. The second kappa shape index (κ2) is 5.74. The third-order valence-electron chi connectivity index (χ3n) is 3.63. The Morgan fingerprint density at radius 1 is 1.23 bits per heavy atom. The molecule has 3 aromatic rings. The van der Waals surface area contributed by atoms with E-state index in [0.717, 1.165) is 16.5 Å². The van der Waals surface area contributed by atoms with Crippen LogP contribution in [0.2, 0.25) is 0 Å². The molecule has 0 amide bonds. The first-order chi connectivity index (χ1) is 10.7. The molecule has 0 aliphatic heterocycles. The minimum atomic E-state index is -0.139. The van der Waals surface area contributed by atoms with Crippen molar-refractivity contribution in [2.75, 3.05) is 7.11 Å². The lowest BCUT2D eigenvalue weighted by Crippen LogP contribution is -2.05. The van der Waals surface area contributed by atoms with Crippen molar-refractivity contribution in [3.8, 4) is 11.8 Å². The molecule has 0 saturated carbocycles. The SMILES string of the molecule is COc1cccc(C(=O)c2[nH]c3ccccc3c2CC#N)c1. The van der Waals surface area contributed by atoms with Crippen molar-refractivity contribution in [3.63, 3.8) is 0 Å². The lowest BCUT2D eigenvalue weighted by Gasteiger charge is -2.04. The number of methoxy groups -OCH3 is 1. The number of aromatic amines is 1. The molecule has 0 aliphatic rings. The van der Waals surface area contributed by atoms with E-state index in [-0.39, 0.29) is 12.2 Å². The number of nitrogens with one attached hydrogen (secondary N) is 1. The number of carbonyl (C=O) groups is 1. The molecule has 2 aromatic carbocycles. The van der Waals surface area contributed by atoms with Crippen LogP contribution in [-0.2, 0) is 6.42 Å². The Morgan fingerprint density at radius 3 is 2.82 bits per heavy atom. The van der Waals surface area contributed by atoms with Crippen LogP contribution in [-0.4, -0.2) is 17.9 Å². The summed E-state index contributed by atoms with van der Waals surface area (Å²) in [6.07, 6.45) is 0.190. The number of benzene rings is 2. The summed E-state index contributed by atoms with van der Waals surface area (Å²) in [5.41, 5.74) is 2.60. The summed E-state index contributed by atoms with van der Waals surface area (Å²) in [6, 6.07) is 16.8. The fraction of sp³-hybridized carbons (Fsp3) is 0.111. The zero-order valence-electron chi connectivity index (χ0n) is 12.1. The number of hydrogen-bond donors (Lipinski definition) is 1. The normalized spacial score (nSPS) is 10.4. The third-order valence-corrected chi connectivity index (χ3v) is 3.63. The number of rotatable bonds is 4. The minimum absolute atomic E-state index is 0.139. The molecule has 0 aliphatic carbocycles. The zero-order chi connectivity index (χ0) is 15.5. The summed E-state index contributed by atoms with van der Waals surface area (Å²) in [7, 11) is 1.56. The van der Waals surface area contributed by atoms with Gasteiger partial charge in [0.05, 0.1) is 25.3 Å². The molecular weight excluding hydrogens is 276 g/mol. The molecule has 108 valence electrons. The number of ketones is 1. The molecule has 1 heterocycles. The number of para-hydroxylation sites is 1. The summed E-state index contributed by atoms with van der Waals surface area (Å²) < 4.78 is 5.16. The van der Waals surface area contributed by atoms with Gasteiger partial charge in [-0.05, 0) is 18.2 Å². The van der Waals surface area contributed by atoms with Gasteiger partial charge in [-0.15, -0.1) is 0 Å². The van der Waals surface area contributed by atoms with Crippen molar-refractivity contribution in [1.29, 1.82) is 5.26 Å². The van der Waals surface area contributed by atoms with E-state index < -0.39 is 0 Å². The minimum Gasteiger partial charge on any atom is -0.497 e. The maximum absolute atomic E-state index is 12.8. The molecule has 0 fully saturated rings. The van der Waals surface area contributed by atoms with Gasteiger partial charge in [-0.1, -0.05) is 30.3 Å². The van der Waals surface area contributed by atoms with Crippen LogP contribution in [0.3, 0.4) is 0 Å². The van der Waals surface area contributed by atoms with Gasteiger partial charge in [0.2, 0.25) is 5.78 Å². The predicted molar refractivity (Wildman–Crippen MR) is 84.0 cm³/mol. The van der Waals surface area contributed by atoms with Crippen LogP contribution < -0.4 is 4.74 Å². The van der Waals surface area contributed by atoms with Gasteiger partial charge >= 0.3 is 0 Å². The molecule has 22 heavy (non-hydrogen) atoms. The number of nitriles is 1.